The Morgan fingerprint density at radius 2 is 2.06 bits per heavy atom. The van der Waals surface area contributed by atoms with Crippen LogP contribution in [0.4, 0.5) is 4.39 Å². The molecular weight excluding hydrogens is 259 g/mol. The minimum absolute atomic E-state index is 0.0749. The Morgan fingerprint density at radius 1 is 1.44 bits per heavy atom. The van der Waals surface area contributed by atoms with Gasteiger partial charge in [0, 0.05) is 6.42 Å². The quantitative estimate of drug-likeness (QED) is 0.500. The number of carboxylic acids is 1. The number of ether oxygens (including phenoxy) is 1. The average Bonchev–Trinajstić information content (AvgIpc) is 2.38. The molecule has 1 unspecified atom stereocenters. The molecule has 0 aliphatic heterocycles. The first-order valence-electron chi connectivity index (χ1n) is 5.02. The summed E-state index contributed by atoms with van der Waals surface area (Å²) in [6, 6.07) is 2.49. The van der Waals surface area contributed by atoms with Crippen molar-refractivity contribution in [2.45, 2.75) is 19.4 Å². The molecule has 0 aliphatic carbocycles. The van der Waals surface area contributed by atoms with Crippen molar-refractivity contribution in [3.63, 3.8) is 0 Å². The summed E-state index contributed by atoms with van der Waals surface area (Å²) in [6.45, 7) is 1.42. The predicted molar refractivity (Wildman–Crippen MR) is 59.8 cm³/mol. The normalized spacial score (nSPS) is 13.7. The second-order valence-electron chi connectivity index (χ2n) is 3.39. The van der Waals surface area contributed by atoms with Gasteiger partial charge in [-0.15, -0.1) is 0 Å². The van der Waals surface area contributed by atoms with Gasteiger partial charge in [0.05, 0.1) is 11.1 Å². The maximum atomic E-state index is 13.6. The number of rotatable bonds is 5. The molecular formula is C11H10FO5Si. The van der Waals surface area contributed by atoms with Gasteiger partial charge >= 0.3 is 18.0 Å². The minimum atomic E-state index is -2.59. The van der Waals surface area contributed by atoms with Crippen LogP contribution in [-0.2, 0) is 9.16 Å². The molecule has 0 spiro atoms. The van der Waals surface area contributed by atoms with E-state index in [4.69, 9.17) is 5.11 Å². The monoisotopic (exact) mass is 269 g/mol. The van der Waals surface area contributed by atoms with E-state index in [1.807, 2.05) is 0 Å². The van der Waals surface area contributed by atoms with Crippen LogP contribution < -0.4 is 0 Å². The second-order valence-corrected chi connectivity index (χ2v) is 3.60. The Balaban J connectivity index is 2.91. The van der Waals surface area contributed by atoms with Crippen LogP contribution in [0.25, 0.3) is 0 Å². The summed E-state index contributed by atoms with van der Waals surface area (Å²) in [5.41, 5.74) is -0.168. The standard InChI is InChI=1S/C11H10FO5Si/c1-2-11(12,17-18)16-10(15)8-5-3-4-7(6-8)9(13)14/h3-6H,2H2,1H3,(H,13,14). The van der Waals surface area contributed by atoms with Gasteiger partial charge in [0.2, 0.25) is 0 Å². The number of carbonyl (C=O) groups is 2. The lowest BCUT2D eigenvalue weighted by atomic mass is 10.1. The minimum Gasteiger partial charge on any atom is -0.478 e. The molecule has 1 atom stereocenters. The number of carbonyl (C=O) groups excluding carboxylic acids is 1. The van der Waals surface area contributed by atoms with Crippen LogP contribution >= 0.6 is 0 Å². The molecule has 1 aromatic carbocycles. The molecule has 1 N–H and O–H groups in total. The Morgan fingerprint density at radius 3 is 2.56 bits per heavy atom. The molecule has 7 heteroatoms. The summed E-state index contributed by atoms with van der Waals surface area (Å²) in [6.07, 6.45) is -0.221. The van der Waals surface area contributed by atoms with Crippen LogP contribution in [-0.4, -0.2) is 33.6 Å². The van der Waals surface area contributed by atoms with Gasteiger partial charge in [0.25, 0.3) is 10.5 Å². The van der Waals surface area contributed by atoms with E-state index < -0.39 is 18.0 Å². The third-order valence-electron chi connectivity index (χ3n) is 2.17. The third kappa shape index (κ3) is 3.38. The summed E-state index contributed by atoms with van der Waals surface area (Å²) in [5.74, 6) is -2.20. The van der Waals surface area contributed by atoms with Crippen molar-refractivity contribution in [3.8, 4) is 0 Å². The number of alkyl halides is 1. The van der Waals surface area contributed by atoms with Gasteiger partial charge in [-0.25, -0.2) is 9.59 Å². The molecule has 1 aromatic rings. The highest BCUT2D eigenvalue weighted by Crippen LogP contribution is 2.20. The molecule has 0 saturated heterocycles. The van der Waals surface area contributed by atoms with Crippen molar-refractivity contribution in [1.29, 1.82) is 0 Å². The SMILES string of the molecule is CCC(F)(O[Si])OC(=O)c1cccc(C(=O)O)c1. The van der Waals surface area contributed by atoms with E-state index in [0.29, 0.717) is 0 Å². The molecule has 0 fully saturated rings. The van der Waals surface area contributed by atoms with Crippen LogP contribution in [0.1, 0.15) is 34.1 Å². The van der Waals surface area contributed by atoms with Crippen molar-refractivity contribution in [2.24, 2.45) is 0 Å². The Bertz CT molecular complexity index is 459. The van der Waals surface area contributed by atoms with E-state index in [2.05, 4.69) is 19.6 Å². The number of hydrogen-bond donors (Lipinski definition) is 1. The summed E-state index contributed by atoms with van der Waals surface area (Å²) in [4.78, 5) is 22.3. The second kappa shape index (κ2) is 5.74. The molecule has 0 amide bonds. The number of carboxylic acid groups (broad SMARTS) is 1. The van der Waals surface area contributed by atoms with Crippen molar-refractivity contribution in [2.75, 3.05) is 0 Å². The molecule has 0 saturated carbocycles. The van der Waals surface area contributed by atoms with Crippen LogP contribution in [0, 0.1) is 0 Å². The van der Waals surface area contributed by atoms with Crippen molar-refractivity contribution >= 4 is 22.4 Å². The van der Waals surface area contributed by atoms with E-state index in [9.17, 15) is 14.0 Å². The first-order valence-corrected chi connectivity index (χ1v) is 5.43. The smallest absolute Gasteiger partial charge is 0.355 e. The molecule has 1 rings (SSSR count). The molecule has 95 valence electrons. The van der Waals surface area contributed by atoms with Gasteiger partial charge in [-0.2, -0.15) is 4.39 Å². The van der Waals surface area contributed by atoms with Crippen LogP contribution in [0.2, 0.25) is 0 Å². The topological polar surface area (TPSA) is 72.8 Å². The number of esters is 1. The van der Waals surface area contributed by atoms with E-state index in [0.717, 1.165) is 6.07 Å². The van der Waals surface area contributed by atoms with Gasteiger partial charge in [-0.05, 0) is 18.2 Å². The summed E-state index contributed by atoms with van der Waals surface area (Å²) in [7, 11) is 2.47. The first-order chi connectivity index (χ1) is 8.41. The highest BCUT2D eigenvalue weighted by molar-refractivity contribution is 5.98. The van der Waals surface area contributed by atoms with Crippen LogP contribution in [0.3, 0.4) is 0 Å². The molecule has 18 heavy (non-hydrogen) atoms. The average molecular weight is 269 g/mol. The lowest BCUT2D eigenvalue weighted by Crippen LogP contribution is -2.32. The number of halogens is 1. The van der Waals surface area contributed by atoms with Crippen molar-refractivity contribution in [1.82, 2.24) is 0 Å². The van der Waals surface area contributed by atoms with E-state index in [1.54, 1.807) is 0 Å². The molecule has 3 radical (unpaired) electrons. The lowest BCUT2D eigenvalue weighted by molar-refractivity contribution is -0.236. The molecule has 0 bridgehead atoms. The number of hydrogen-bond acceptors (Lipinski definition) is 4. The third-order valence-corrected chi connectivity index (χ3v) is 2.47. The maximum absolute atomic E-state index is 13.6. The zero-order valence-corrected chi connectivity index (χ0v) is 10.5. The fraction of sp³-hybridized carbons (Fsp3) is 0.273. The van der Waals surface area contributed by atoms with E-state index in [-0.39, 0.29) is 17.5 Å². The number of aromatic carboxylic acids is 1. The lowest BCUT2D eigenvalue weighted by Gasteiger charge is -2.21. The predicted octanol–water partition coefficient (Wildman–Crippen LogP) is 1.68. The van der Waals surface area contributed by atoms with E-state index in [1.165, 1.54) is 25.1 Å². The summed E-state index contributed by atoms with van der Waals surface area (Å²) in [5, 5.41) is 8.76. The zero-order valence-electron chi connectivity index (χ0n) is 9.47. The number of benzene rings is 1. The van der Waals surface area contributed by atoms with Crippen LogP contribution in [0.5, 0.6) is 0 Å². The fourth-order valence-electron chi connectivity index (χ4n) is 1.14. The summed E-state index contributed by atoms with van der Waals surface area (Å²) >= 11 is 0. The van der Waals surface area contributed by atoms with Crippen LogP contribution in [0.15, 0.2) is 24.3 Å². The Hall–Kier alpha value is -1.73. The van der Waals surface area contributed by atoms with Gasteiger partial charge < -0.3 is 14.3 Å². The van der Waals surface area contributed by atoms with Gasteiger partial charge in [-0.1, -0.05) is 13.0 Å². The van der Waals surface area contributed by atoms with E-state index >= 15 is 0 Å². The highest BCUT2D eigenvalue weighted by Gasteiger charge is 2.32. The molecule has 5 nitrogen and oxygen atoms in total. The Labute approximate surface area is 106 Å². The molecule has 0 aromatic heterocycles. The fourth-order valence-corrected chi connectivity index (χ4v) is 1.33. The zero-order chi connectivity index (χ0) is 13.8. The van der Waals surface area contributed by atoms with Gasteiger partial charge in [0.1, 0.15) is 0 Å². The molecule has 0 heterocycles. The highest BCUT2D eigenvalue weighted by atomic mass is 28.2. The maximum Gasteiger partial charge on any atom is 0.355 e. The van der Waals surface area contributed by atoms with Crippen molar-refractivity contribution in [3.05, 3.63) is 35.4 Å². The summed E-state index contributed by atoms with van der Waals surface area (Å²) < 4.78 is 22.3. The van der Waals surface area contributed by atoms with Gasteiger partial charge in [-0.3, -0.25) is 0 Å². The first kappa shape index (κ1) is 14.3. The Kier molecular flexibility index (Phi) is 4.57. The van der Waals surface area contributed by atoms with Gasteiger partial charge in [0.15, 0.2) is 0 Å². The largest absolute Gasteiger partial charge is 0.478 e. The molecule has 0 aliphatic rings. The van der Waals surface area contributed by atoms with Crippen molar-refractivity contribution < 1.29 is 28.2 Å².